The van der Waals surface area contributed by atoms with E-state index in [1.807, 2.05) is 0 Å². The molecule has 0 spiro atoms. The fourth-order valence-electron chi connectivity index (χ4n) is 2.06. The van der Waals surface area contributed by atoms with Crippen LogP contribution in [-0.4, -0.2) is 12.1 Å². The number of nitrogens with one attached hydrogen (secondary N) is 2. The number of amides is 2. The summed E-state index contributed by atoms with van der Waals surface area (Å²) >= 11 is 5.99. The van der Waals surface area contributed by atoms with E-state index in [1.54, 1.807) is 18.2 Å². The summed E-state index contributed by atoms with van der Waals surface area (Å²) in [4.78, 5) is 11.7. The van der Waals surface area contributed by atoms with E-state index in [1.165, 1.54) is 12.8 Å². The van der Waals surface area contributed by atoms with Crippen LogP contribution in [0.15, 0.2) is 18.2 Å². The van der Waals surface area contributed by atoms with Crippen molar-refractivity contribution in [3.8, 4) is 0 Å². The summed E-state index contributed by atoms with van der Waals surface area (Å²) in [5.74, 6) is 0. The van der Waals surface area contributed by atoms with Gasteiger partial charge in [0.1, 0.15) is 0 Å². The third kappa shape index (κ3) is 3.03. The molecule has 0 radical (unpaired) electrons. The lowest BCUT2D eigenvalue weighted by molar-refractivity contribution is 0.248. The van der Waals surface area contributed by atoms with Gasteiger partial charge in [0.25, 0.3) is 0 Å². The van der Waals surface area contributed by atoms with E-state index in [4.69, 9.17) is 17.3 Å². The van der Waals surface area contributed by atoms with Crippen LogP contribution < -0.4 is 16.4 Å². The number of carbonyl (C=O) groups excluding carboxylic acids is 1. The molecule has 1 aromatic carbocycles. The molecule has 0 aliphatic heterocycles. The number of hydrogen-bond acceptors (Lipinski definition) is 2. The highest BCUT2D eigenvalue weighted by Crippen LogP contribution is 2.27. The molecular weight excluding hydrogens is 238 g/mol. The van der Waals surface area contributed by atoms with Crippen molar-refractivity contribution in [2.24, 2.45) is 0 Å². The second-order valence-electron chi connectivity index (χ2n) is 4.29. The van der Waals surface area contributed by atoms with Gasteiger partial charge in [-0.15, -0.1) is 0 Å². The molecule has 0 bridgehead atoms. The normalized spacial score (nSPS) is 15.8. The lowest BCUT2D eigenvalue weighted by Gasteiger charge is -2.14. The quantitative estimate of drug-likeness (QED) is 0.710. The van der Waals surface area contributed by atoms with Crippen LogP contribution in [0.2, 0.25) is 5.02 Å². The topological polar surface area (TPSA) is 67.1 Å². The van der Waals surface area contributed by atoms with Crippen LogP contribution in [0.1, 0.15) is 25.7 Å². The summed E-state index contributed by atoms with van der Waals surface area (Å²) < 4.78 is 0. The van der Waals surface area contributed by atoms with Gasteiger partial charge in [0, 0.05) is 6.04 Å². The third-order valence-corrected chi connectivity index (χ3v) is 3.39. The zero-order valence-corrected chi connectivity index (χ0v) is 10.3. The average molecular weight is 254 g/mol. The SMILES string of the molecule is Nc1cccc(NC(=O)NC2CCCC2)c1Cl. The first-order valence-corrected chi connectivity index (χ1v) is 6.16. The third-order valence-electron chi connectivity index (χ3n) is 2.97. The maximum atomic E-state index is 11.7. The van der Waals surface area contributed by atoms with Crippen LogP contribution in [0.5, 0.6) is 0 Å². The Morgan fingerprint density at radius 1 is 1.35 bits per heavy atom. The smallest absolute Gasteiger partial charge is 0.319 e. The Labute approximate surface area is 106 Å². The van der Waals surface area contributed by atoms with Gasteiger partial charge < -0.3 is 16.4 Å². The molecule has 1 aliphatic carbocycles. The van der Waals surface area contributed by atoms with Gasteiger partial charge in [-0.2, -0.15) is 0 Å². The predicted octanol–water partition coefficient (Wildman–Crippen LogP) is 2.99. The van der Waals surface area contributed by atoms with Crippen LogP contribution in [0.3, 0.4) is 0 Å². The lowest BCUT2D eigenvalue weighted by Crippen LogP contribution is -2.36. The van der Waals surface area contributed by atoms with Crippen molar-refractivity contribution in [3.05, 3.63) is 23.2 Å². The van der Waals surface area contributed by atoms with E-state index in [2.05, 4.69) is 10.6 Å². The molecule has 0 unspecified atom stereocenters. The maximum absolute atomic E-state index is 11.7. The minimum atomic E-state index is -0.218. The monoisotopic (exact) mass is 253 g/mol. The number of nitrogens with two attached hydrogens (primary N) is 1. The molecule has 0 heterocycles. The van der Waals surface area contributed by atoms with Crippen molar-refractivity contribution in [1.29, 1.82) is 0 Å². The van der Waals surface area contributed by atoms with Crippen molar-refractivity contribution in [3.63, 3.8) is 0 Å². The van der Waals surface area contributed by atoms with Gasteiger partial charge in [-0.3, -0.25) is 0 Å². The van der Waals surface area contributed by atoms with Crippen molar-refractivity contribution >= 4 is 29.0 Å². The molecule has 0 aromatic heterocycles. The molecule has 17 heavy (non-hydrogen) atoms. The van der Waals surface area contributed by atoms with Crippen LogP contribution in [0.4, 0.5) is 16.2 Å². The second-order valence-corrected chi connectivity index (χ2v) is 4.67. The predicted molar refractivity (Wildman–Crippen MR) is 70.3 cm³/mol. The Hall–Kier alpha value is -1.42. The second kappa shape index (κ2) is 5.27. The summed E-state index contributed by atoms with van der Waals surface area (Å²) in [6, 6.07) is 5.25. The summed E-state index contributed by atoms with van der Waals surface area (Å²) in [7, 11) is 0. The molecule has 92 valence electrons. The highest BCUT2D eigenvalue weighted by atomic mass is 35.5. The van der Waals surface area contributed by atoms with Crippen LogP contribution in [0, 0.1) is 0 Å². The summed E-state index contributed by atoms with van der Waals surface area (Å²) in [6.07, 6.45) is 4.48. The molecule has 1 aliphatic rings. The number of rotatable bonds is 2. The Morgan fingerprint density at radius 3 is 2.76 bits per heavy atom. The minimum absolute atomic E-state index is 0.218. The fourth-order valence-corrected chi connectivity index (χ4v) is 2.23. The van der Waals surface area contributed by atoms with Crippen LogP contribution in [0.25, 0.3) is 0 Å². The van der Waals surface area contributed by atoms with Crippen molar-refractivity contribution in [2.75, 3.05) is 11.1 Å². The first-order chi connectivity index (χ1) is 8.16. The van der Waals surface area contributed by atoms with Gasteiger partial charge in [-0.25, -0.2) is 4.79 Å². The molecule has 5 heteroatoms. The van der Waals surface area contributed by atoms with Crippen molar-refractivity contribution in [1.82, 2.24) is 5.32 Å². The molecular formula is C12H16ClN3O. The Bertz CT molecular complexity index is 416. The maximum Gasteiger partial charge on any atom is 0.319 e. The number of nitrogen functional groups attached to an aromatic ring is 1. The first kappa shape index (κ1) is 12.0. The van der Waals surface area contributed by atoms with Crippen molar-refractivity contribution < 1.29 is 4.79 Å². The van der Waals surface area contributed by atoms with Gasteiger partial charge in [-0.05, 0) is 25.0 Å². The summed E-state index contributed by atoms with van der Waals surface area (Å²) in [5, 5.41) is 6.02. The number of benzene rings is 1. The van der Waals surface area contributed by atoms with Crippen LogP contribution >= 0.6 is 11.6 Å². The lowest BCUT2D eigenvalue weighted by atomic mass is 10.2. The molecule has 1 saturated carbocycles. The standard InChI is InChI=1S/C12H16ClN3O/c13-11-9(14)6-3-7-10(11)16-12(17)15-8-4-1-2-5-8/h3,6-8H,1-2,4-5,14H2,(H2,15,16,17). The molecule has 2 rings (SSSR count). The minimum Gasteiger partial charge on any atom is -0.397 e. The van der Waals surface area contributed by atoms with E-state index in [9.17, 15) is 4.79 Å². The van der Waals surface area contributed by atoms with Gasteiger partial charge in [-0.1, -0.05) is 30.5 Å². The number of carbonyl (C=O) groups is 1. The Kier molecular flexibility index (Phi) is 3.74. The van der Waals surface area contributed by atoms with E-state index < -0.39 is 0 Å². The van der Waals surface area contributed by atoms with E-state index in [0.717, 1.165) is 12.8 Å². The van der Waals surface area contributed by atoms with Gasteiger partial charge in [0.05, 0.1) is 16.4 Å². The number of urea groups is 1. The van der Waals surface area contributed by atoms with E-state index in [-0.39, 0.29) is 12.1 Å². The molecule has 1 fully saturated rings. The van der Waals surface area contributed by atoms with E-state index >= 15 is 0 Å². The zero-order valence-electron chi connectivity index (χ0n) is 9.50. The van der Waals surface area contributed by atoms with Crippen LogP contribution in [-0.2, 0) is 0 Å². The average Bonchev–Trinajstić information content (AvgIpc) is 2.77. The number of halogens is 1. The van der Waals surface area contributed by atoms with Gasteiger partial charge in [0.15, 0.2) is 0 Å². The molecule has 0 saturated heterocycles. The molecule has 4 N–H and O–H groups in total. The highest BCUT2D eigenvalue weighted by Gasteiger charge is 2.17. The molecule has 4 nitrogen and oxygen atoms in total. The molecule has 1 aromatic rings. The Morgan fingerprint density at radius 2 is 2.06 bits per heavy atom. The summed E-state index contributed by atoms with van der Waals surface area (Å²) in [5.41, 5.74) is 6.66. The van der Waals surface area contributed by atoms with E-state index in [0.29, 0.717) is 16.4 Å². The largest absolute Gasteiger partial charge is 0.397 e. The zero-order chi connectivity index (χ0) is 12.3. The first-order valence-electron chi connectivity index (χ1n) is 5.78. The fraction of sp³-hybridized carbons (Fsp3) is 0.417. The number of hydrogen-bond donors (Lipinski definition) is 3. The molecule has 0 atom stereocenters. The Balaban J connectivity index is 1.95. The number of anilines is 2. The van der Waals surface area contributed by atoms with Gasteiger partial charge >= 0.3 is 6.03 Å². The van der Waals surface area contributed by atoms with Crippen molar-refractivity contribution in [2.45, 2.75) is 31.7 Å². The molecule has 2 amide bonds. The summed E-state index contributed by atoms with van der Waals surface area (Å²) in [6.45, 7) is 0. The highest BCUT2D eigenvalue weighted by molar-refractivity contribution is 6.36. The van der Waals surface area contributed by atoms with Gasteiger partial charge in [0.2, 0.25) is 0 Å².